The Bertz CT molecular complexity index is 1220. The molecule has 4 aromatic rings. The number of halogens is 1. The summed E-state index contributed by atoms with van der Waals surface area (Å²) in [4.78, 5) is 12.6. The van der Waals surface area contributed by atoms with Gasteiger partial charge in [-0.25, -0.2) is 4.39 Å². The minimum atomic E-state index is -0.485. The van der Waals surface area contributed by atoms with E-state index in [4.69, 9.17) is 9.47 Å². The zero-order valence-electron chi connectivity index (χ0n) is 17.1. The van der Waals surface area contributed by atoms with Gasteiger partial charge in [0.1, 0.15) is 23.9 Å². The maximum absolute atomic E-state index is 13.9. The van der Waals surface area contributed by atoms with Crippen LogP contribution in [0.3, 0.4) is 0 Å². The van der Waals surface area contributed by atoms with Gasteiger partial charge in [0.15, 0.2) is 0 Å². The Balaban J connectivity index is 1.54. The normalized spacial score (nSPS) is 10.6. The molecule has 0 bridgehead atoms. The Morgan fingerprint density at radius 3 is 2.45 bits per heavy atom. The van der Waals surface area contributed by atoms with Crippen LogP contribution in [0.1, 0.15) is 22.8 Å². The second kappa shape index (κ2) is 9.30. The molecule has 0 radical (unpaired) electrons. The monoisotopic (exact) mass is 415 g/mol. The summed E-state index contributed by atoms with van der Waals surface area (Å²) in [6.07, 6.45) is 0. The SMILES string of the molecule is CCOc1ccc(C(=O)Nc2ccccc2F)cc1COc1ccc2ccccc2c1. The smallest absolute Gasteiger partial charge is 0.255 e. The van der Waals surface area contributed by atoms with E-state index >= 15 is 0 Å². The number of rotatable bonds is 7. The lowest BCUT2D eigenvalue weighted by atomic mass is 10.1. The van der Waals surface area contributed by atoms with E-state index in [1.165, 1.54) is 12.1 Å². The van der Waals surface area contributed by atoms with Crippen LogP contribution in [0, 0.1) is 5.82 Å². The molecule has 1 N–H and O–H groups in total. The lowest BCUT2D eigenvalue weighted by Gasteiger charge is -2.14. The summed E-state index contributed by atoms with van der Waals surface area (Å²) >= 11 is 0. The number of fused-ring (bicyclic) bond motifs is 1. The topological polar surface area (TPSA) is 47.6 Å². The second-order valence-corrected chi connectivity index (χ2v) is 6.99. The fourth-order valence-electron chi connectivity index (χ4n) is 3.31. The molecule has 0 atom stereocenters. The van der Waals surface area contributed by atoms with Crippen molar-refractivity contribution in [2.45, 2.75) is 13.5 Å². The minimum Gasteiger partial charge on any atom is -0.493 e. The number of para-hydroxylation sites is 1. The molecule has 0 aliphatic heterocycles. The van der Waals surface area contributed by atoms with Gasteiger partial charge in [0.05, 0.1) is 12.3 Å². The summed E-state index contributed by atoms with van der Waals surface area (Å²) in [7, 11) is 0. The first-order chi connectivity index (χ1) is 15.1. The van der Waals surface area contributed by atoms with Gasteiger partial charge in [-0.15, -0.1) is 0 Å². The molecule has 4 rings (SSSR count). The third-order valence-corrected chi connectivity index (χ3v) is 4.86. The van der Waals surface area contributed by atoms with Gasteiger partial charge in [0.2, 0.25) is 0 Å². The standard InChI is InChI=1S/C26H22FNO3/c1-2-30-25-14-12-20(26(29)28-24-10-6-5-9-23(24)27)15-21(25)17-31-22-13-11-18-7-3-4-8-19(18)16-22/h3-16H,2,17H2,1H3,(H,28,29). The third-order valence-electron chi connectivity index (χ3n) is 4.86. The fourth-order valence-corrected chi connectivity index (χ4v) is 3.31. The van der Waals surface area contributed by atoms with Crippen molar-refractivity contribution < 1.29 is 18.7 Å². The fraction of sp³-hybridized carbons (Fsp3) is 0.115. The molecule has 31 heavy (non-hydrogen) atoms. The molecule has 0 aliphatic carbocycles. The third kappa shape index (κ3) is 4.83. The van der Waals surface area contributed by atoms with E-state index in [0.29, 0.717) is 17.9 Å². The summed E-state index contributed by atoms with van der Waals surface area (Å²) < 4.78 is 25.6. The summed E-state index contributed by atoms with van der Waals surface area (Å²) in [6, 6.07) is 25.1. The van der Waals surface area contributed by atoms with Crippen molar-refractivity contribution in [1.82, 2.24) is 0 Å². The van der Waals surface area contributed by atoms with E-state index < -0.39 is 11.7 Å². The van der Waals surface area contributed by atoms with Gasteiger partial charge in [-0.3, -0.25) is 4.79 Å². The van der Waals surface area contributed by atoms with Gasteiger partial charge < -0.3 is 14.8 Å². The molecule has 0 saturated carbocycles. The van der Waals surface area contributed by atoms with Crippen molar-refractivity contribution in [3.63, 3.8) is 0 Å². The largest absolute Gasteiger partial charge is 0.493 e. The first-order valence-electron chi connectivity index (χ1n) is 10.1. The average molecular weight is 415 g/mol. The van der Waals surface area contributed by atoms with Crippen molar-refractivity contribution in [1.29, 1.82) is 0 Å². The second-order valence-electron chi connectivity index (χ2n) is 6.99. The van der Waals surface area contributed by atoms with Crippen LogP contribution in [0.5, 0.6) is 11.5 Å². The predicted molar refractivity (Wildman–Crippen MR) is 120 cm³/mol. The van der Waals surface area contributed by atoms with Crippen molar-refractivity contribution in [3.8, 4) is 11.5 Å². The molecule has 1 amide bonds. The molecule has 0 unspecified atom stereocenters. The summed E-state index contributed by atoms with van der Waals surface area (Å²) in [6.45, 7) is 2.62. The molecule has 0 saturated heterocycles. The van der Waals surface area contributed by atoms with Crippen LogP contribution in [0.15, 0.2) is 84.9 Å². The molecule has 0 aromatic heterocycles. The number of ether oxygens (including phenoxy) is 2. The first kappa shape index (κ1) is 20.4. The minimum absolute atomic E-state index is 0.135. The maximum atomic E-state index is 13.9. The number of anilines is 1. The quantitative estimate of drug-likeness (QED) is 0.390. The molecule has 0 spiro atoms. The summed E-state index contributed by atoms with van der Waals surface area (Å²) in [5.74, 6) is 0.481. The van der Waals surface area contributed by atoms with Crippen molar-refractivity contribution in [2.24, 2.45) is 0 Å². The summed E-state index contributed by atoms with van der Waals surface area (Å²) in [5, 5.41) is 4.83. The lowest BCUT2D eigenvalue weighted by Crippen LogP contribution is -2.14. The molecule has 0 aliphatic rings. The van der Waals surface area contributed by atoms with Crippen LogP contribution in [-0.4, -0.2) is 12.5 Å². The molecule has 156 valence electrons. The van der Waals surface area contributed by atoms with Gasteiger partial charge in [0, 0.05) is 11.1 Å². The molecule has 0 heterocycles. The highest BCUT2D eigenvalue weighted by atomic mass is 19.1. The Morgan fingerprint density at radius 1 is 0.871 bits per heavy atom. The van der Waals surface area contributed by atoms with Crippen LogP contribution < -0.4 is 14.8 Å². The van der Waals surface area contributed by atoms with Crippen molar-refractivity contribution >= 4 is 22.4 Å². The number of benzene rings is 4. The Labute approximate surface area is 180 Å². The van der Waals surface area contributed by atoms with E-state index in [1.807, 2.05) is 49.4 Å². The van der Waals surface area contributed by atoms with E-state index in [9.17, 15) is 9.18 Å². The summed E-state index contributed by atoms with van der Waals surface area (Å²) in [5.41, 5.74) is 1.26. The maximum Gasteiger partial charge on any atom is 0.255 e. The Kier molecular flexibility index (Phi) is 6.13. The molecule has 4 nitrogen and oxygen atoms in total. The van der Waals surface area contributed by atoms with Crippen LogP contribution in [0.2, 0.25) is 0 Å². The number of nitrogens with one attached hydrogen (secondary N) is 1. The average Bonchev–Trinajstić information content (AvgIpc) is 2.80. The van der Waals surface area contributed by atoms with Gasteiger partial charge >= 0.3 is 0 Å². The molecular weight excluding hydrogens is 393 g/mol. The van der Waals surface area contributed by atoms with Gasteiger partial charge in [-0.05, 0) is 60.2 Å². The lowest BCUT2D eigenvalue weighted by molar-refractivity contribution is 0.102. The zero-order chi connectivity index (χ0) is 21.6. The van der Waals surface area contributed by atoms with E-state index in [0.717, 1.165) is 22.1 Å². The number of carbonyl (C=O) groups is 1. The van der Waals surface area contributed by atoms with Crippen LogP contribution in [-0.2, 0) is 6.61 Å². The van der Waals surface area contributed by atoms with Crippen molar-refractivity contribution in [2.75, 3.05) is 11.9 Å². The highest BCUT2D eigenvalue weighted by molar-refractivity contribution is 6.04. The molecular formula is C26H22FNO3. The molecule has 4 aromatic carbocycles. The van der Waals surface area contributed by atoms with Crippen molar-refractivity contribution in [3.05, 3.63) is 102 Å². The Morgan fingerprint density at radius 2 is 1.65 bits per heavy atom. The number of hydrogen-bond acceptors (Lipinski definition) is 3. The highest BCUT2D eigenvalue weighted by Gasteiger charge is 2.13. The van der Waals surface area contributed by atoms with E-state index in [1.54, 1.807) is 30.3 Å². The number of hydrogen-bond donors (Lipinski definition) is 1. The number of amides is 1. The van der Waals surface area contributed by atoms with Gasteiger partial charge in [-0.2, -0.15) is 0 Å². The van der Waals surface area contributed by atoms with E-state index in [2.05, 4.69) is 5.32 Å². The Hall–Kier alpha value is -3.86. The number of carbonyl (C=O) groups excluding carboxylic acids is 1. The van der Waals surface area contributed by atoms with Gasteiger partial charge in [-0.1, -0.05) is 42.5 Å². The first-order valence-corrected chi connectivity index (χ1v) is 10.1. The highest BCUT2D eigenvalue weighted by Crippen LogP contribution is 2.25. The van der Waals surface area contributed by atoms with Crippen LogP contribution >= 0.6 is 0 Å². The van der Waals surface area contributed by atoms with E-state index in [-0.39, 0.29) is 12.3 Å². The van der Waals surface area contributed by atoms with Gasteiger partial charge in [0.25, 0.3) is 5.91 Å². The molecule has 5 heteroatoms. The predicted octanol–water partition coefficient (Wildman–Crippen LogP) is 6.21. The zero-order valence-corrected chi connectivity index (χ0v) is 17.1. The molecule has 0 fully saturated rings. The van der Waals surface area contributed by atoms with Crippen LogP contribution in [0.4, 0.5) is 10.1 Å². The van der Waals surface area contributed by atoms with Crippen LogP contribution in [0.25, 0.3) is 10.8 Å².